The summed E-state index contributed by atoms with van der Waals surface area (Å²) in [6, 6.07) is 0. The molecule has 0 heterocycles. The molecule has 5 rings (SSSR count). The van der Waals surface area contributed by atoms with Gasteiger partial charge in [0.05, 0.1) is 0 Å². The highest BCUT2D eigenvalue weighted by molar-refractivity contribution is 5.33. The number of hydrogen-bond donors (Lipinski definition) is 0. The fraction of sp³-hybridized carbons (Fsp3) is 0.929. The van der Waals surface area contributed by atoms with Gasteiger partial charge >= 0.3 is 0 Å². The van der Waals surface area contributed by atoms with Gasteiger partial charge in [-0.1, -0.05) is 60.1 Å². The van der Waals surface area contributed by atoms with Crippen LogP contribution in [-0.4, -0.2) is 0 Å². The minimum absolute atomic E-state index is 0.452. The summed E-state index contributed by atoms with van der Waals surface area (Å²) < 4.78 is 0. The fourth-order valence-electron chi connectivity index (χ4n) is 9.95. The Morgan fingerprint density at radius 2 is 1.54 bits per heavy atom. The van der Waals surface area contributed by atoms with Gasteiger partial charge in [0.2, 0.25) is 0 Å². The molecule has 0 aromatic rings. The van der Waals surface area contributed by atoms with Crippen molar-refractivity contribution in [2.75, 3.05) is 0 Å². The molecular formula is C28H46. The Hall–Kier alpha value is -0.260. The average molecular weight is 383 g/mol. The molecule has 0 aromatic heterocycles. The van der Waals surface area contributed by atoms with E-state index in [2.05, 4.69) is 54.5 Å². The molecule has 0 radical (unpaired) electrons. The van der Waals surface area contributed by atoms with E-state index in [1.807, 2.05) is 5.57 Å². The van der Waals surface area contributed by atoms with Crippen molar-refractivity contribution in [2.45, 2.75) is 113 Å². The second-order valence-electron chi connectivity index (χ2n) is 13.9. The second kappa shape index (κ2) is 5.70. The molecule has 28 heavy (non-hydrogen) atoms. The van der Waals surface area contributed by atoms with Crippen LogP contribution in [0.5, 0.6) is 0 Å². The molecule has 0 spiro atoms. The van der Waals surface area contributed by atoms with Crippen LogP contribution in [-0.2, 0) is 0 Å². The monoisotopic (exact) mass is 382 g/mol. The fourth-order valence-corrected chi connectivity index (χ4v) is 9.95. The van der Waals surface area contributed by atoms with Crippen LogP contribution in [0, 0.1) is 50.7 Å². The first kappa shape index (κ1) is 19.7. The maximum Gasteiger partial charge on any atom is -0.00565 e. The smallest absolute Gasteiger partial charge is 0.00565 e. The summed E-state index contributed by atoms with van der Waals surface area (Å²) in [6.07, 6.45) is 17.4. The van der Waals surface area contributed by atoms with Gasteiger partial charge in [0.15, 0.2) is 0 Å². The van der Waals surface area contributed by atoms with Crippen molar-refractivity contribution in [1.82, 2.24) is 0 Å². The quantitative estimate of drug-likeness (QED) is 0.369. The Balaban J connectivity index is 1.58. The van der Waals surface area contributed by atoms with Crippen molar-refractivity contribution in [3.05, 3.63) is 11.6 Å². The number of allylic oxidation sites excluding steroid dienone is 2. The minimum atomic E-state index is 0.452. The maximum absolute atomic E-state index is 2.84. The van der Waals surface area contributed by atoms with Crippen LogP contribution in [0.2, 0.25) is 0 Å². The molecule has 0 aliphatic heterocycles. The predicted molar refractivity (Wildman–Crippen MR) is 120 cm³/mol. The molecule has 7 unspecified atom stereocenters. The third kappa shape index (κ3) is 2.30. The van der Waals surface area contributed by atoms with Crippen molar-refractivity contribution in [2.24, 2.45) is 50.7 Å². The lowest BCUT2D eigenvalue weighted by Gasteiger charge is -2.68. The van der Waals surface area contributed by atoms with Crippen LogP contribution >= 0.6 is 0 Å². The zero-order valence-electron chi connectivity index (χ0n) is 20.0. The van der Waals surface area contributed by atoms with Gasteiger partial charge in [-0.3, -0.25) is 0 Å². The molecule has 0 heteroatoms. The normalized spacial score (nSPS) is 57.5. The van der Waals surface area contributed by atoms with Crippen molar-refractivity contribution >= 4 is 0 Å². The molecule has 0 bridgehead atoms. The Kier molecular flexibility index (Phi) is 4.01. The van der Waals surface area contributed by atoms with E-state index >= 15 is 0 Å². The van der Waals surface area contributed by atoms with Gasteiger partial charge in [-0.05, 0) is 115 Å². The van der Waals surface area contributed by atoms with E-state index in [4.69, 9.17) is 0 Å². The van der Waals surface area contributed by atoms with Crippen molar-refractivity contribution in [3.8, 4) is 0 Å². The van der Waals surface area contributed by atoms with Gasteiger partial charge in [0, 0.05) is 0 Å². The highest BCUT2D eigenvalue weighted by Crippen LogP contribution is 2.75. The topological polar surface area (TPSA) is 0 Å². The molecule has 0 saturated heterocycles. The van der Waals surface area contributed by atoms with E-state index in [1.165, 1.54) is 64.2 Å². The van der Waals surface area contributed by atoms with Gasteiger partial charge in [0.25, 0.3) is 0 Å². The summed E-state index contributed by atoms with van der Waals surface area (Å²) >= 11 is 0. The first-order valence-electron chi connectivity index (χ1n) is 12.7. The van der Waals surface area contributed by atoms with Crippen LogP contribution in [0.3, 0.4) is 0 Å². The third-order valence-electron chi connectivity index (χ3n) is 12.2. The molecule has 0 nitrogen and oxygen atoms in total. The van der Waals surface area contributed by atoms with E-state index in [-0.39, 0.29) is 0 Å². The van der Waals surface area contributed by atoms with Crippen LogP contribution in [0.25, 0.3) is 0 Å². The van der Waals surface area contributed by atoms with E-state index < -0.39 is 0 Å². The average Bonchev–Trinajstić information content (AvgIpc) is 2.92. The van der Waals surface area contributed by atoms with E-state index in [9.17, 15) is 0 Å². The molecule has 4 fully saturated rings. The zero-order chi connectivity index (χ0) is 20.2. The van der Waals surface area contributed by atoms with Crippen molar-refractivity contribution in [1.29, 1.82) is 0 Å². The van der Waals surface area contributed by atoms with Gasteiger partial charge in [0.1, 0.15) is 0 Å². The Labute approximate surface area is 175 Å². The lowest BCUT2D eigenvalue weighted by Crippen LogP contribution is -2.60. The highest BCUT2D eigenvalue weighted by atomic mass is 14.7. The molecule has 5 aliphatic carbocycles. The summed E-state index contributed by atoms with van der Waals surface area (Å²) in [6.45, 7) is 18.5. The molecular weight excluding hydrogens is 336 g/mol. The van der Waals surface area contributed by atoms with Crippen LogP contribution in [0.1, 0.15) is 113 Å². The molecule has 5 aliphatic rings. The summed E-state index contributed by atoms with van der Waals surface area (Å²) in [4.78, 5) is 0. The summed E-state index contributed by atoms with van der Waals surface area (Å²) in [5.74, 6) is 3.72. The number of fused-ring (bicyclic) bond motifs is 7. The van der Waals surface area contributed by atoms with E-state index in [0.717, 1.165) is 23.7 Å². The second-order valence-corrected chi connectivity index (χ2v) is 13.9. The predicted octanol–water partition coefficient (Wildman–Crippen LogP) is 8.42. The van der Waals surface area contributed by atoms with Crippen LogP contribution in [0.15, 0.2) is 11.6 Å². The summed E-state index contributed by atoms with van der Waals surface area (Å²) in [7, 11) is 0. The largest absolute Gasteiger partial charge is 0.0841 e. The standard InChI is InChI=1S/C28H46/c1-19-10-12-26(5)20(19)11-13-28(7)23(26)9-8-21-22-18-24(2,3)14-15-25(22,4)16-17-27(21,28)6/h8,19-20,22-23H,9-18H2,1-7H3/t19?,20?,22?,23?,25?,26?,27-,28?/m1/s1. The number of hydrogen-bond acceptors (Lipinski definition) is 0. The third-order valence-corrected chi connectivity index (χ3v) is 12.2. The Bertz CT molecular complexity index is 699. The minimum Gasteiger partial charge on any atom is -0.0841 e. The zero-order valence-corrected chi connectivity index (χ0v) is 20.0. The van der Waals surface area contributed by atoms with Gasteiger partial charge in [-0.25, -0.2) is 0 Å². The van der Waals surface area contributed by atoms with E-state index in [0.29, 0.717) is 27.1 Å². The summed E-state index contributed by atoms with van der Waals surface area (Å²) in [5.41, 5.74) is 4.62. The van der Waals surface area contributed by atoms with Crippen molar-refractivity contribution in [3.63, 3.8) is 0 Å². The Morgan fingerprint density at radius 1 is 0.821 bits per heavy atom. The molecule has 4 saturated carbocycles. The van der Waals surface area contributed by atoms with Crippen LogP contribution in [0.4, 0.5) is 0 Å². The molecule has 158 valence electrons. The highest BCUT2D eigenvalue weighted by Gasteiger charge is 2.66. The summed E-state index contributed by atoms with van der Waals surface area (Å²) in [5, 5.41) is 0. The number of rotatable bonds is 0. The maximum atomic E-state index is 2.84. The first-order valence-corrected chi connectivity index (χ1v) is 12.7. The SMILES string of the molecule is CC1CCC2(C)C1CCC1(C)C2CC=C2C3CC(C)(C)CCC3(C)CC[C@]21C. The van der Waals surface area contributed by atoms with Gasteiger partial charge < -0.3 is 0 Å². The molecule has 0 aromatic carbocycles. The van der Waals surface area contributed by atoms with Crippen molar-refractivity contribution < 1.29 is 0 Å². The molecule has 0 amide bonds. The Morgan fingerprint density at radius 3 is 2.29 bits per heavy atom. The van der Waals surface area contributed by atoms with Crippen LogP contribution < -0.4 is 0 Å². The molecule has 0 N–H and O–H groups in total. The van der Waals surface area contributed by atoms with E-state index in [1.54, 1.807) is 0 Å². The first-order chi connectivity index (χ1) is 13.0. The van der Waals surface area contributed by atoms with Gasteiger partial charge in [-0.2, -0.15) is 0 Å². The lowest BCUT2D eigenvalue weighted by atomic mass is 9.36. The molecule has 8 atom stereocenters. The lowest BCUT2D eigenvalue weighted by molar-refractivity contribution is -0.139. The van der Waals surface area contributed by atoms with Gasteiger partial charge in [-0.15, -0.1) is 0 Å².